The van der Waals surface area contributed by atoms with Crippen LogP contribution in [0.25, 0.3) is 0 Å². The molecular formula is C26H31ClF2N2O3. The molecule has 1 saturated carbocycles. The monoisotopic (exact) mass is 492 g/mol. The lowest BCUT2D eigenvalue weighted by atomic mass is 9.75. The number of benzene rings is 2. The Labute approximate surface area is 204 Å². The molecule has 5 nitrogen and oxygen atoms in total. The minimum absolute atomic E-state index is 0.0804. The summed E-state index contributed by atoms with van der Waals surface area (Å²) in [6, 6.07) is 9.32. The zero-order chi connectivity index (χ0) is 24.3. The fraction of sp³-hybridized carbons (Fsp3) is 0.500. The summed E-state index contributed by atoms with van der Waals surface area (Å²) < 4.78 is 32.7. The average Bonchev–Trinajstić information content (AvgIpc) is 3.66. The van der Waals surface area contributed by atoms with Crippen LogP contribution in [0, 0.1) is 17.6 Å². The van der Waals surface area contributed by atoms with Gasteiger partial charge in [0.05, 0.1) is 5.92 Å². The quantitative estimate of drug-likeness (QED) is 0.515. The molecule has 0 unspecified atom stereocenters. The molecule has 2 aromatic rings. The van der Waals surface area contributed by atoms with E-state index in [1.807, 2.05) is 18.2 Å². The molecule has 8 heteroatoms. The highest BCUT2D eigenvalue weighted by Crippen LogP contribution is 2.40. The van der Waals surface area contributed by atoms with Crippen LogP contribution >= 0.6 is 11.6 Å². The first-order chi connectivity index (χ1) is 16.3. The van der Waals surface area contributed by atoms with Gasteiger partial charge in [-0.25, -0.2) is 8.78 Å². The highest BCUT2D eigenvalue weighted by Gasteiger charge is 2.48. The number of rotatable bonds is 9. The summed E-state index contributed by atoms with van der Waals surface area (Å²) in [4.78, 5) is 15.6. The molecule has 2 fully saturated rings. The zero-order valence-corrected chi connectivity index (χ0v) is 20.1. The summed E-state index contributed by atoms with van der Waals surface area (Å²) in [6.07, 6.45) is 3.74. The fourth-order valence-corrected chi connectivity index (χ4v) is 4.93. The van der Waals surface area contributed by atoms with Gasteiger partial charge in [0.15, 0.2) is 11.6 Å². The van der Waals surface area contributed by atoms with Crippen molar-refractivity contribution < 1.29 is 23.4 Å². The normalized spacial score (nSPS) is 22.6. The maximum absolute atomic E-state index is 14.0. The third-order valence-corrected chi connectivity index (χ3v) is 7.23. The van der Waals surface area contributed by atoms with Crippen molar-refractivity contribution in [2.45, 2.75) is 50.3 Å². The SMILES string of the molecule is COCCCc1ccc(Cl)c(CN(C(=O)[C@H]2CNCC[C@]2(O)c2ccc(F)c(F)c2)C2CC2)c1. The summed E-state index contributed by atoms with van der Waals surface area (Å²) >= 11 is 6.50. The molecule has 1 amide bonds. The van der Waals surface area contributed by atoms with Crippen LogP contribution in [0.3, 0.4) is 0 Å². The lowest BCUT2D eigenvalue weighted by Gasteiger charge is -2.42. The van der Waals surface area contributed by atoms with Gasteiger partial charge in [0.1, 0.15) is 5.60 Å². The van der Waals surface area contributed by atoms with Gasteiger partial charge in [0, 0.05) is 37.9 Å². The molecule has 34 heavy (non-hydrogen) atoms. The van der Waals surface area contributed by atoms with Gasteiger partial charge in [-0.15, -0.1) is 0 Å². The van der Waals surface area contributed by atoms with Crippen LogP contribution < -0.4 is 5.32 Å². The smallest absolute Gasteiger partial charge is 0.230 e. The summed E-state index contributed by atoms with van der Waals surface area (Å²) in [5.74, 6) is -3.05. The molecule has 184 valence electrons. The Hall–Kier alpha value is -2.06. The molecule has 1 aliphatic carbocycles. The second kappa shape index (κ2) is 10.7. The molecule has 0 radical (unpaired) electrons. The number of piperidine rings is 1. The third-order valence-electron chi connectivity index (χ3n) is 6.86. The number of hydrogen-bond donors (Lipinski definition) is 2. The number of nitrogens with zero attached hydrogens (tertiary/aromatic N) is 1. The molecule has 2 N–H and O–H groups in total. The first-order valence-electron chi connectivity index (χ1n) is 11.8. The van der Waals surface area contributed by atoms with Crippen LogP contribution in [-0.2, 0) is 28.1 Å². The van der Waals surface area contributed by atoms with Crippen LogP contribution in [0.15, 0.2) is 36.4 Å². The Morgan fingerprint density at radius 3 is 2.74 bits per heavy atom. The first-order valence-corrected chi connectivity index (χ1v) is 12.2. The van der Waals surface area contributed by atoms with E-state index in [1.54, 1.807) is 12.0 Å². The van der Waals surface area contributed by atoms with Crippen molar-refractivity contribution >= 4 is 17.5 Å². The van der Waals surface area contributed by atoms with Gasteiger partial charge >= 0.3 is 0 Å². The summed E-state index contributed by atoms with van der Waals surface area (Å²) in [5, 5.41) is 15.4. The predicted molar refractivity (Wildman–Crippen MR) is 126 cm³/mol. The average molecular weight is 493 g/mol. The Balaban J connectivity index is 1.59. The molecule has 1 aliphatic heterocycles. The lowest BCUT2D eigenvalue weighted by Crippen LogP contribution is -2.55. The number of ether oxygens (including phenoxy) is 1. The Bertz CT molecular complexity index is 1030. The largest absolute Gasteiger partial charge is 0.385 e. The number of aliphatic hydroxyl groups is 1. The van der Waals surface area contributed by atoms with Crippen molar-refractivity contribution in [1.29, 1.82) is 0 Å². The van der Waals surface area contributed by atoms with Crippen LogP contribution in [0.5, 0.6) is 0 Å². The summed E-state index contributed by atoms with van der Waals surface area (Å²) in [6.45, 7) is 1.73. The number of hydrogen-bond acceptors (Lipinski definition) is 4. The van der Waals surface area contributed by atoms with E-state index in [2.05, 4.69) is 5.32 Å². The molecule has 1 saturated heterocycles. The standard InChI is InChI=1S/C26H31ClF2N2O3/c1-34-12-2-3-17-4-8-22(27)18(13-17)16-31(20-6-7-20)25(32)21-15-30-11-10-26(21,33)19-5-9-23(28)24(29)14-19/h4-5,8-9,13-14,20-21,30,33H,2-3,6-7,10-12,15-16H2,1H3/t21-,26+/m1/s1. The number of halogens is 3. The zero-order valence-electron chi connectivity index (χ0n) is 19.3. The van der Waals surface area contributed by atoms with Gasteiger partial charge in [-0.05, 0) is 73.5 Å². The molecule has 2 atom stereocenters. The van der Waals surface area contributed by atoms with E-state index in [4.69, 9.17) is 16.3 Å². The molecule has 1 heterocycles. The maximum Gasteiger partial charge on any atom is 0.230 e. The van der Waals surface area contributed by atoms with Gasteiger partial charge in [-0.1, -0.05) is 29.8 Å². The number of amides is 1. The number of carbonyl (C=O) groups excluding carboxylic acids is 1. The van der Waals surface area contributed by atoms with E-state index in [9.17, 15) is 18.7 Å². The van der Waals surface area contributed by atoms with Gasteiger partial charge in [-0.2, -0.15) is 0 Å². The second-order valence-corrected chi connectivity index (χ2v) is 9.69. The molecular weight excluding hydrogens is 462 g/mol. The Kier molecular flexibility index (Phi) is 7.87. The number of carbonyl (C=O) groups is 1. The molecule has 2 aliphatic rings. The van der Waals surface area contributed by atoms with Crippen molar-refractivity contribution in [3.8, 4) is 0 Å². The van der Waals surface area contributed by atoms with E-state index < -0.39 is 23.2 Å². The van der Waals surface area contributed by atoms with Crippen LogP contribution in [0.4, 0.5) is 8.78 Å². The van der Waals surface area contributed by atoms with Crippen molar-refractivity contribution in [3.05, 3.63) is 69.7 Å². The Morgan fingerprint density at radius 1 is 1.24 bits per heavy atom. The highest BCUT2D eigenvalue weighted by molar-refractivity contribution is 6.31. The molecule has 0 aromatic heterocycles. The minimum Gasteiger partial charge on any atom is -0.385 e. The van der Waals surface area contributed by atoms with Crippen LogP contribution in [-0.4, -0.2) is 48.8 Å². The minimum atomic E-state index is -1.59. The van der Waals surface area contributed by atoms with Gasteiger partial charge in [0.25, 0.3) is 0 Å². The fourth-order valence-electron chi connectivity index (χ4n) is 4.75. The molecule has 2 aromatic carbocycles. The molecule has 0 spiro atoms. The highest BCUT2D eigenvalue weighted by atomic mass is 35.5. The third kappa shape index (κ3) is 5.43. The Morgan fingerprint density at radius 2 is 2.03 bits per heavy atom. The lowest BCUT2D eigenvalue weighted by molar-refractivity contribution is -0.150. The summed E-state index contributed by atoms with van der Waals surface area (Å²) in [5.41, 5.74) is 0.616. The first kappa shape index (κ1) is 25.0. The van der Waals surface area contributed by atoms with E-state index >= 15 is 0 Å². The summed E-state index contributed by atoms with van der Waals surface area (Å²) in [7, 11) is 1.67. The predicted octanol–water partition coefficient (Wildman–Crippen LogP) is 4.19. The van der Waals surface area contributed by atoms with Crippen molar-refractivity contribution in [3.63, 3.8) is 0 Å². The van der Waals surface area contributed by atoms with E-state index in [-0.39, 0.29) is 30.5 Å². The number of nitrogens with one attached hydrogen (secondary N) is 1. The van der Waals surface area contributed by atoms with Gasteiger partial charge in [0.2, 0.25) is 5.91 Å². The van der Waals surface area contributed by atoms with E-state index in [0.29, 0.717) is 24.7 Å². The molecule has 4 rings (SSSR count). The molecule has 0 bridgehead atoms. The topological polar surface area (TPSA) is 61.8 Å². The van der Waals surface area contributed by atoms with Crippen LogP contribution in [0.2, 0.25) is 5.02 Å². The number of methoxy groups -OCH3 is 1. The van der Waals surface area contributed by atoms with Crippen LogP contribution in [0.1, 0.15) is 42.4 Å². The van der Waals surface area contributed by atoms with Crippen molar-refractivity contribution in [2.24, 2.45) is 5.92 Å². The number of aryl methyl sites for hydroxylation is 1. The maximum atomic E-state index is 14.0. The van der Waals surface area contributed by atoms with Crippen molar-refractivity contribution in [2.75, 3.05) is 26.8 Å². The second-order valence-electron chi connectivity index (χ2n) is 9.28. The van der Waals surface area contributed by atoms with Gasteiger partial charge in [-0.3, -0.25) is 4.79 Å². The van der Waals surface area contributed by atoms with E-state index in [0.717, 1.165) is 48.9 Å². The van der Waals surface area contributed by atoms with Crippen molar-refractivity contribution in [1.82, 2.24) is 10.2 Å². The van der Waals surface area contributed by atoms with Gasteiger partial charge < -0.3 is 20.1 Å². The van der Waals surface area contributed by atoms with E-state index in [1.165, 1.54) is 6.07 Å².